The van der Waals surface area contributed by atoms with Crippen LogP contribution in [0.25, 0.3) is 0 Å². The molecule has 1 aromatic rings. The van der Waals surface area contributed by atoms with E-state index in [0.29, 0.717) is 24.5 Å². The van der Waals surface area contributed by atoms with E-state index < -0.39 is 12.0 Å². The van der Waals surface area contributed by atoms with Crippen LogP contribution in [0.5, 0.6) is 5.75 Å². The van der Waals surface area contributed by atoms with Gasteiger partial charge in [0.15, 0.2) is 0 Å². The molecule has 0 aromatic heterocycles. The smallest absolute Gasteiger partial charge is 0.321 e. The van der Waals surface area contributed by atoms with Crippen LogP contribution in [0.3, 0.4) is 0 Å². The minimum absolute atomic E-state index is 0.0899. The number of ether oxygens (including phenoxy) is 1. The summed E-state index contributed by atoms with van der Waals surface area (Å²) in [4.78, 5) is 25.4. The van der Waals surface area contributed by atoms with E-state index in [9.17, 15) is 14.7 Å². The summed E-state index contributed by atoms with van der Waals surface area (Å²) in [7, 11) is 1.52. The minimum Gasteiger partial charge on any atom is -0.495 e. The van der Waals surface area contributed by atoms with E-state index in [0.717, 1.165) is 13.1 Å². The summed E-state index contributed by atoms with van der Waals surface area (Å²) in [5.74, 6) is -0.766. The zero-order valence-electron chi connectivity index (χ0n) is 12.5. The Balaban J connectivity index is 2.00. The normalized spacial score (nSPS) is 16.8. The Morgan fingerprint density at radius 1 is 1.36 bits per heavy atom. The molecule has 1 aliphatic rings. The van der Waals surface area contributed by atoms with Crippen LogP contribution in [0.2, 0.25) is 0 Å². The molecule has 1 amide bonds. The topological polar surface area (TPSA) is 90.9 Å². The summed E-state index contributed by atoms with van der Waals surface area (Å²) in [6.07, 6.45) is -0.0899. The van der Waals surface area contributed by atoms with E-state index >= 15 is 0 Å². The number of hydrogen-bond donors (Lipinski definition) is 3. The number of rotatable bonds is 6. The maximum atomic E-state index is 12.2. The van der Waals surface area contributed by atoms with Gasteiger partial charge in [-0.25, -0.2) is 0 Å². The third-order valence-electron chi connectivity index (χ3n) is 3.64. The van der Waals surface area contributed by atoms with Crippen LogP contribution in [0, 0.1) is 0 Å². The molecular formula is C15H21N3O4. The van der Waals surface area contributed by atoms with Crippen LogP contribution in [0.4, 0.5) is 5.69 Å². The van der Waals surface area contributed by atoms with Gasteiger partial charge in [0.2, 0.25) is 5.91 Å². The molecule has 120 valence electrons. The molecule has 1 aromatic carbocycles. The predicted octanol–water partition coefficient (Wildman–Crippen LogP) is 0.382. The Morgan fingerprint density at radius 3 is 2.68 bits per heavy atom. The van der Waals surface area contributed by atoms with Gasteiger partial charge >= 0.3 is 5.97 Å². The van der Waals surface area contributed by atoms with Gasteiger partial charge < -0.3 is 20.5 Å². The number of carbonyl (C=O) groups is 2. The Bertz CT molecular complexity index is 529. The first-order valence-electron chi connectivity index (χ1n) is 7.22. The molecule has 1 heterocycles. The first kappa shape index (κ1) is 16.3. The number of methoxy groups -OCH3 is 1. The van der Waals surface area contributed by atoms with Gasteiger partial charge in [0.05, 0.1) is 19.2 Å². The van der Waals surface area contributed by atoms with Gasteiger partial charge in [0, 0.05) is 26.2 Å². The quantitative estimate of drug-likeness (QED) is 0.704. The highest BCUT2D eigenvalue weighted by Gasteiger charge is 2.29. The highest BCUT2D eigenvalue weighted by molar-refractivity contribution is 5.95. The largest absolute Gasteiger partial charge is 0.495 e. The van der Waals surface area contributed by atoms with Crippen molar-refractivity contribution in [1.82, 2.24) is 10.2 Å². The molecular weight excluding hydrogens is 286 g/mol. The van der Waals surface area contributed by atoms with E-state index in [2.05, 4.69) is 10.6 Å². The number of para-hydroxylation sites is 2. The zero-order chi connectivity index (χ0) is 15.9. The molecule has 0 unspecified atom stereocenters. The van der Waals surface area contributed by atoms with Crippen LogP contribution >= 0.6 is 0 Å². The van der Waals surface area contributed by atoms with Crippen LogP contribution in [-0.2, 0) is 9.59 Å². The molecule has 1 saturated heterocycles. The molecule has 1 aliphatic heterocycles. The Hall–Kier alpha value is -2.12. The van der Waals surface area contributed by atoms with Gasteiger partial charge in [-0.15, -0.1) is 0 Å². The summed E-state index contributed by atoms with van der Waals surface area (Å²) in [5.41, 5.74) is 0.541. The summed E-state index contributed by atoms with van der Waals surface area (Å²) in [6.45, 7) is 2.72. The van der Waals surface area contributed by atoms with Gasteiger partial charge in [0.25, 0.3) is 0 Å². The van der Waals surface area contributed by atoms with Gasteiger partial charge in [-0.05, 0) is 12.1 Å². The maximum absolute atomic E-state index is 12.2. The van der Waals surface area contributed by atoms with Crippen molar-refractivity contribution in [3.8, 4) is 5.75 Å². The maximum Gasteiger partial charge on any atom is 0.321 e. The van der Waals surface area contributed by atoms with Crippen molar-refractivity contribution in [3.63, 3.8) is 0 Å². The highest BCUT2D eigenvalue weighted by Crippen LogP contribution is 2.23. The first-order chi connectivity index (χ1) is 10.6. The average Bonchev–Trinajstić information content (AvgIpc) is 2.53. The van der Waals surface area contributed by atoms with Crippen molar-refractivity contribution in [2.75, 3.05) is 38.6 Å². The lowest BCUT2D eigenvalue weighted by atomic mass is 10.1. The minimum atomic E-state index is -0.975. The van der Waals surface area contributed by atoms with Gasteiger partial charge in [-0.3, -0.25) is 14.5 Å². The van der Waals surface area contributed by atoms with Crippen molar-refractivity contribution in [1.29, 1.82) is 0 Å². The molecule has 3 N–H and O–H groups in total. The van der Waals surface area contributed by atoms with E-state index in [4.69, 9.17) is 4.74 Å². The number of aliphatic carboxylic acids is 1. The van der Waals surface area contributed by atoms with Crippen LogP contribution in [0.1, 0.15) is 6.42 Å². The Kier molecular flexibility index (Phi) is 5.74. The SMILES string of the molecule is COc1ccccc1NC(=O)C[C@@H](C(=O)O)N1CCNCC1. The molecule has 0 radical (unpaired) electrons. The fraction of sp³-hybridized carbons (Fsp3) is 0.467. The van der Waals surface area contributed by atoms with Crippen LogP contribution in [0.15, 0.2) is 24.3 Å². The molecule has 1 atom stereocenters. The number of carboxylic acid groups (broad SMARTS) is 1. The fourth-order valence-corrected chi connectivity index (χ4v) is 2.49. The third kappa shape index (κ3) is 4.19. The first-order valence-corrected chi connectivity index (χ1v) is 7.22. The molecule has 7 nitrogen and oxygen atoms in total. The number of nitrogens with one attached hydrogen (secondary N) is 2. The number of piperazine rings is 1. The van der Waals surface area contributed by atoms with Gasteiger partial charge in [-0.1, -0.05) is 12.1 Å². The van der Waals surface area contributed by atoms with Crippen molar-refractivity contribution < 1.29 is 19.4 Å². The number of hydrogen-bond acceptors (Lipinski definition) is 5. The average molecular weight is 307 g/mol. The number of carboxylic acids is 1. The van der Waals surface area contributed by atoms with E-state index in [1.807, 2.05) is 4.90 Å². The van der Waals surface area contributed by atoms with Crippen molar-refractivity contribution in [2.24, 2.45) is 0 Å². The van der Waals surface area contributed by atoms with Crippen molar-refractivity contribution in [3.05, 3.63) is 24.3 Å². The third-order valence-corrected chi connectivity index (χ3v) is 3.64. The van der Waals surface area contributed by atoms with E-state index in [1.165, 1.54) is 7.11 Å². The van der Waals surface area contributed by atoms with Crippen LogP contribution < -0.4 is 15.4 Å². The number of benzene rings is 1. The molecule has 2 rings (SSSR count). The molecule has 1 fully saturated rings. The highest BCUT2D eigenvalue weighted by atomic mass is 16.5. The number of amides is 1. The Morgan fingerprint density at radius 2 is 2.05 bits per heavy atom. The van der Waals surface area contributed by atoms with Gasteiger partial charge in [0.1, 0.15) is 11.8 Å². The zero-order valence-corrected chi connectivity index (χ0v) is 12.5. The monoisotopic (exact) mass is 307 g/mol. The van der Waals surface area contributed by atoms with Crippen molar-refractivity contribution in [2.45, 2.75) is 12.5 Å². The van der Waals surface area contributed by atoms with Crippen molar-refractivity contribution >= 4 is 17.6 Å². The number of nitrogens with zero attached hydrogens (tertiary/aromatic N) is 1. The van der Waals surface area contributed by atoms with Crippen LogP contribution in [-0.4, -0.2) is 61.2 Å². The molecule has 22 heavy (non-hydrogen) atoms. The number of anilines is 1. The molecule has 0 aliphatic carbocycles. The lowest BCUT2D eigenvalue weighted by Crippen LogP contribution is -2.52. The van der Waals surface area contributed by atoms with Gasteiger partial charge in [-0.2, -0.15) is 0 Å². The predicted molar refractivity (Wildman–Crippen MR) is 82.1 cm³/mol. The summed E-state index contributed by atoms with van der Waals surface area (Å²) >= 11 is 0. The second-order valence-electron chi connectivity index (χ2n) is 5.09. The lowest BCUT2D eigenvalue weighted by molar-refractivity contribution is -0.145. The summed E-state index contributed by atoms with van der Waals surface area (Å²) in [5, 5.41) is 15.3. The fourth-order valence-electron chi connectivity index (χ4n) is 2.49. The van der Waals surface area contributed by atoms with E-state index in [1.54, 1.807) is 24.3 Å². The van der Waals surface area contributed by atoms with E-state index in [-0.39, 0.29) is 12.3 Å². The molecule has 7 heteroatoms. The second kappa shape index (κ2) is 7.77. The molecule has 0 bridgehead atoms. The molecule has 0 saturated carbocycles. The standard InChI is InChI=1S/C15H21N3O4/c1-22-13-5-3-2-4-11(13)17-14(19)10-12(15(20)21)18-8-6-16-7-9-18/h2-5,12,16H,6-10H2,1H3,(H,17,19)(H,20,21)/t12-/m0/s1. The number of carbonyl (C=O) groups excluding carboxylic acids is 1. The molecule has 0 spiro atoms. The summed E-state index contributed by atoms with van der Waals surface area (Å²) in [6, 6.07) is 6.23. The lowest BCUT2D eigenvalue weighted by Gasteiger charge is -2.32. The second-order valence-corrected chi connectivity index (χ2v) is 5.09. The summed E-state index contributed by atoms with van der Waals surface area (Å²) < 4.78 is 5.17. The Labute approximate surface area is 129 Å².